The van der Waals surface area contributed by atoms with Crippen molar-refractivity contribution in [1.29, 1.82) is 0 Å². The quantitative estimate of drug-likeness (QED) is 0.787. The lowest BCUT2D eigenvalue weighted by Gasteiger charge is -2.39. The summed E-state index contributed by atoms with van der Waals surface area (Å²) >= 11 is 0. The van der Waals surface area contributed by atoms with Crippen LogP contribution in [0.2, 0.25) is 0 Å². The number of morpholine rings is 1. The van der Waals surface area contributed by atoms with Crippen LogP contribution in [-0.2, 0) is 9.53 Å². The van der Waals surface area contributed by atoms with Crippen molar-refractivity contribution in [2.45, 2.75) is 51.7 Å². The molecule has 4 nitrogen and oxygen atoms in total. The zero-order valence-corrected chi connectivity index (χ0v) is 10.9. The number of ether oxygens (including phenoxy) is 1. The van der Waals surface area contributed by atoms with Gasteiger partial charge in [0.25, 0.3) is 0 Å². The third-order valence-electron chi connectivity index (χ3n) is 4.40. The highest BCUT2D eigenvalue weighted by molar-refractivity contribution is 5.83. The van der Waals surface area contributed by atoms with Crippen LogP contribution in [0.25, 0.3) is 0 Å². The third kappa shape index (κ3) is 2.33. The molecule has 0 radical (unpaired) electrons. The Bertz CT molecular complexity index is 295. The number of carbonyl (C=O) groups is 1. The van der Waals surface area contributed by atoms with Gasteiger partial charge in [0.2, 0.25) is 5.91 Å². The van der Waals surface area contributed by atoms with Gasteiger partial charge in [-0.05, 0) is 26.2 Å². The number of hydrogen-bond acceptors (Lipinski definition) is 3. The van der Waals surface area contributed by atoms with Gasteiger partial charge >= 0.3 is 0 Å². The molecule has 4 heteroatoms. The molecule has 1 heterocycles. The van der Waals surface area contributed by atoms with Gasteiger partial charge in [-0.1, -0.05) is 13.3 Å². The molecule has 3 unspecified atom stereocenters. The van der Waals surface area contributed by atoms with Crippen molar-refractivity contribution in [3.05, 3.63) is 0 Å². The summed E-state index contributed by atoms with van der Waals surface area (Å²) in [6.45, 7) is 6.25. The van der Waals surface area contributed by atoms with Gasteiger partial charge in [-0.3, -0.25) is 4.79 Å². The van der Waals surface area contributed by atoms with Crippen LogP contribution in [0.4, 0.5) is 0 Å². The summed E-state index contributed by atoms with van der Waals surface area (Å²) in [6, 6.07) is 0.0259. The molecule has 0 aromatic rings. The number of amides is 1. The van der Waals surface area contributed by atoms with Crippen LogP contribution in [0, 0.1) is 5.41 Å². The largest absolute Gasteiger partial charge is 0.375 e. The van der Waals surface area contributed by atoms with E-state index < -0.39 is 0 Å². The van der Waals surface area contributed by atoms with Gasteiger partial charge in [0.1, 0.15) is 0 Å². The molecule has 3 atom stereocenters. The van der Waals surface area contributed by atoms with Crippen molar-refractivity contribution < 1.29 is 9.53 Å². The molecule has 2 N–H and O–H groups in total. The van der Waals surface area contributed by atoms with E-state index in [1.165, 1.54) is 0 Å². The van der Waals surface area contributed by atoms with Crippen LogP contribution >= 0.6 is 0 Å². The van der Waals surface area contributed by atoms with Crippen LogP contribution in [0.5, 0.6) is 0 Å². The highest BCUT2D eigenvalue weighted by Crippen LogP contribution is 2.38. The van der Waals surface area contributed by atoms with Crippen molar-refractivity contribution in [3.63, 3.8) is 0 Å². The van der Waals surface area contributed by atoms with E-state index in [2.05, 4.69) is 6.92 Å². The van der Waals surface area contributed by atoms with E-state index in [0.29, 0.717) is 6.61 Å². The van der Waals surface area contributed by atoms with Crippen LogP contribution in [-0.4, -0.2) is 42.6 Å². The fourth-order valence-corrected chi connectivity index (χ4v) is 2.97. The summed E-state index contributed by atoms with van der Waals surface area (Å²) in [4.78, 5) is 14.5. The maximum atomic E-state index is 12.6. The number of carbonyl (C=O) groups excluding carboxylic acids is 1. The normalized spacial score (nSPS) is 38.4. The zero-order chi connectivity index (χ0) is 12.5. The highest BCUT2D eigenvalue weighted by Gasteiger charge is 2.45. The van der Waals surface area contributed by atoms with E-state index in [1.54, 1.807) is 0 Å². The second-order valence-electron chi connectivity index (χ2n) is 5.57. The van der Waals surface area contributed by atoms with Gasteiger partial charge in [-0.2, -0.15) is 0 Å². The van der Waals surface area contributed by atoms with Crippen molar-refractivity contribution in [2.24, 2.45) is 11.1 Å². The standard InChI is InChI=1S/C13H24N2O2/c1-3-10-9-15(7-8-17-10)12(16)13(2)6-4-5-11(13)14/h10-11H,3-9,14H2,1-2H3. The minimum atomic E-state index is -0.338. The predicted molar refractivity (Wildman–Crippen MR) is 66.5 cm³/mol. The van der Waals surface area contributed by atoms with Crippen LogP contribution in [0.3, 0.4) is 0 Å². The first kappa shape index (κ1) is 12.8. The van der Waals surface area contributed by atoms with Gasteiger partial charge in [-0.25, -0.2) is 0 Å². The molecule has 1 saturated carbocycles. The fourth-order valence-electron chi connectivity index (χ4n) is 2.97. The van der Waals surface area contributed by atoms with E-state index in [4.69, 9.17) is 10.5 Å². The van der Waals surface area contributed by atoms with E-state index in [9.17, 15) is 4.79 Å². The average molecular weight is 240 g/mol. The van der Waals surface area contributed by atoms with Crippen LogP contribution < -0.4 is 5.73 Å². The third-order valence-corrected chi connectivity index (χ3v) is 4.40. The Kier molecular flexibility index (Phi) is 3.73. The molecule has 0 bridgehead atoms. The van der Waals surface area contributed by atoms with Crippen molar-refractivity contribution in [3.8, 4) is 0 Å². The minimum Gasteiger partial charge on any atom is -0.375 e. The molecule has 98 valence electrons. The number of rotatable bonds is 2. The Hall–Kier alpha value is -0.610. The molecule has 1 aliphatic heterocycles. The lowest BCUT2D eigenvalue weighted by molar-refractivity contribution is -0.149. The average Bonchev–Trinajstić information content (AvgIpc) is 2.70. The first-order chi connectivity index (χ1) is 8.08. The first-order valence-corrected chi connectivity index (χ1v) is 6.74. The van der Waals surface area contributed by atoms with Gasteiger partial charge < -0.3 is 15.4 Å². The minimum absolute atomic E-state index is 0.0259. The maximum Gasteiger partial charge on any atom is 0.230 e. The van der Waals surface area contributed by atoms with Crippen molar-refractivity contribution in [2.75, 3.05) is 19.7 Å². The second kappa shape index (κ2) is 4.94. The monoisotopic (exact) mass is 240 g/mol. The molecule has 1 aliphatic carbocycles. The maximum absolute atomic E-state index is 12.6. The van der Waals surface area contributed by atoms with Crippen molar-refractivity contribution in [1.82, 2.24) is 4.90 Å². The van der Waals surface area contributed by atoms with E-state index >= 15 is 0 Å². The van der Waals surface area contributed by atoms with Gasteiger partial charge in [-0.15, -0.1) is 0 Å². The molecule has 2 fully saturated rings. The molecular formula is C13H24N2O2. The fraction of sp³-hybridized carbons (Fsp3) is 0.923. The van der Waals surface area contributed by atoms with Crippen LogP contribution in [0.15, 0.2) is 0 Å². The topological polar surface area (TPSA) is 55.6 Å². The van der Waals surface area contributed by atoms with E-state index in [-0.39, 0.29) is 23.5 Å². The molecule has 1 saturated heterocycles. The second-order valence-corrected chi connectivity index (χ2v) is 5.57. The molecule has 17 heavy (non-hydrogen) atoms. The first-order valence-electron chi connectivity index (χ1n) is 6.74. The Morgan fingerprint density at radius 1 is 1.59 bits per heavy atom. The molecule has 0 aromatic heterocycles. The Morgan fingerprint density at radius 2 is 2.35 bits per heavy atom. The highest BCUT2D eigenvalue weighted by atomic mass is 16.5. The molecule has 2 aliphatic rings. The Labute approximate surface area is 103 Å². The summed E-state index contributed by atoms with van der Waals surface area (Å²) < 4.78 is 5.60. The number of nitrogens with zero attached hydrogens (tertiary/aromatic N) is 1. The van der Waals surface area contributed by atoms with Crippen molar-refractivity contribution >= 4 is 5.91 Å². The van der Waals surface area contributed by atoms with Gasteiger partial charge in [0, 0.05) is 19.1 Å². The molecule has 0 spiro atoms. The summed E-state index contributed by atoms with van der Waals surface area (Å²) in [6.07, 6.45) is 4.15. The lowest BCUT2D eigenvalue weighted by Crippen LogP contribution is -2.54. The molecule has 2 rings (SSSR count). The Morgan fingerprint density at radius 3 is 2.94 bits per heavy atom. The lowest BCUT2D eigenvalue weighted by atomic mass is 9.83. The van der Waals surface area contributed by atoms with Gasteiger partial charge in [0.05, 0.1) is 18.1 Å². The summed E-state index contributed by atoms with van der Waals surface area (Å²) in [5.74, 6) is 0.240. The van der Waals surface area contributed by atoms with E-state index in [1.807, 2.05) is 11.8 Å². The zero-order valence-electron chi connectivity index (χ0n) is 10.9. The summed E-state index contributed by atoms with van der Waals surface area (Å²) in [5.41, 5.74) is 5.77. The molecule has 1 amide bonds. The SMILES string of the molecule is CCC1CN(C(=O)C2(C)CCCC2N)CCO1. The summed E-state index contributed by atoms with van der Waals surface area (Å²) in [7, 11) is 0. The smallest absolute Gasteiger partial charge is 0.230 e. The number of nitrogens with two attached hydrogens (primary N) is 1. The van der Waals surface area contributed by atoms with Crippen LogP contribution in [0.1, 0.15) is 39.5 Å². The predicted octanol–water partition coefficient (Wildman–Crippen LogP) is 1.14. The van der Waals surface area contributed by atoms with Gasteiger partial charge in [0.15, 0.2) is 0 Å². The molecule has 0 aromatic carbocycles. The van der Waals surface area contributed by atoms with E-state index in [0.717, 1.165) is 38.8 Å². The summed E-state index contributed by atoms with van der Waals surface area (Å²) in [5, 5.41) is 0. The molecular weight excluding hydrogens is 216 g/mol. The Balaban J connectivity index is 2.04. The number of hydrogen-bond donors (Lipinski definition) is 1.